The Morgan fingerprint density at radius 1 is 0.556 bits per heavy atom. The summed E-state index contributed by atoms with van der Waals surface area (Å²) in [6, 6.07) is 51.7. The molecule has 0 aliphatic rings. The van der Waals surface area contributed by atoms with Crippen molar-refractivity contribution in [3.05, 3.63) is 146 Å². The summed E-state index contributed by atoms with van der Waals surface area (Å²) in [5.41, 5.74) is 8.52. The van der Waals surface area contributed by atoms with Crippen molar-refractivity contribution in [2.75, 3.05) is 0 Å². The van der Waals surface area contributed by atoms with Crippen LogP contribution in [0.25, 0.3) is 92.1 Å². The fourth-order valence-electron chi connectivity index (χ4n) is 7.00. The van der Waals surface area contributed by atoms with Gasteiger partial charge in [-0.15, -0.1) is 11.3 Å². The number of rotatable bonds is 3. The minimum atomic E-state index is 0.631. The summed E-state index contributed by atoms with van der Waals surface area (Å²) in [6.07, 6.45) is 0. The van der Waals surface area contributed by atoms with Crippen LogP contribution in [0.2, 0.25) is 0 Å². The standard InChI is InChI=1S/C41H24N2OS/c1-2-10-25(11-3-1)32-24-35-39(38-31-15-7-9-17-36(31)45-40(32)38)42-41(44-35)27-18-21-28(22-19-27)43-33-16-8-6-14-30(33)37-29-13-5-4-12-26(29)20-23-34(37)43/h1-24H. The summed E-state index contributed by atoms with van der Waals surface area (Å²) < 4.78 is 11.4. The van der Waals surface area contributed by atoms with Crippen LogP contribution in [0, 0.1) is 0 Å². The van der Waals surface area contributed by atoms with Crippen LogP contribution in [0.1, 0.15) is 0 Å². The number of thiophene rings is 1. The second-order valence-electron chi connectivity index (χ2n) is 11.5. The molecule has 210 valence electrons. The highest BCUT2D eigenvalue weighted by atomic mass is 32.1. The van der Waals surface area contributed by atoms with Crippen LogP contribution in [-0.2, 0) is 0 Å². The van der Waals surface area contributed by atoms with Crippen LogP contribution in [0.3, 0.4) is 0 Å². The fourth-order valence-corrected chi connectivity index (χ4v) is 8.24. The van der Waals surface area contributed by atoms with Gasteiger partial charge in [-0.25, -0.2) is 4.98 Å². The van der Waals surface area contributed by atoms with Crippen molar-refractivity contribution in [2.45, 2.75) is 0 Å². The average Bonchev–Trinajstić information content (AvgIpc) is 3.80. The molecule has 0 saturated carbocycles. The predicted molar refractivity (Wildman–Crippen MR) is 190 cm³/mol. The fraction of sp³-hybridized carbons (Fsp3) is 0. The van der Waals surface area contributed by atoms with Crippen molar-refractivity contribution in [1.29, 1.82) is 0 Å². The summed E-state index contributed by atoms with van der Waals surface area (Å²) in [4.78, 5) is 5.13. The smallest absolute Gasteiger partial charge is 0.227 e. The monoisotopic (exact) mass is 592 g/mol. The molecule has 0 radical (unpaired) electrons. The van der Waals surface area contributed by atoms with E-state index in [1.807, 2.05) is 11.3 Å². The SMILES string of the molecule is c1ccc(-c2cc3oc(-c4ccc(-n5c6ccccc6c6c7ccccc7ccc65)cc4)nc3c3c2sc2ccccc23)cc1. The van der Waals surface area contributed by atoms with Gasteiger partial charge >= 0.3 is 0 Å². The summed E-state index contributed by atoms with van der Waals surface area (Å²) in [6.45, 7) is 0. The molecule has 0 N–H and O–H groups in total. The molecule has 0 unspecified atom stereocenters. The van der Waals surface area contributed by atoms with Crippen molar-refractivity contribution in [1.82, 2.24) is 9.55 Å². The minimum Gasteiger partial charge on any atom is -0.436 e. The first kappa shape index (κ1) is 24.7. The topological polar surface area (TPSA) is 31.0 Å². The Balaban J connectivity index is 1.16. The van der Waals surface area contributed by atoms with E-state index < -0.39 is 0 Å². The molecule has 45 heavy (non-hydrogen) atoms. The first-order chi connectivity index (χ1) is 22.3. The van der Waals surface area contributed by atoms with Gasteiger partial charge in [0.1, 0.15) is 5.52 Å². The lowest BCUT2D eigenvalue weighted by Gasteiger charge is -2.09. The molecule has 0 spiro atoms. The maximum atomic E-state index is 6.55. The molecule has 0 atom stereocenters. The lowest BCUT2D eigenvalue weighted by atomic mass is 10.0. The molecule has 0 aliphatic heterocycles. The van der Waals surface area contributed by atoms with Crippen LogP contribution < -0.4 is 0 Å². The zero-order valence-electron chi connectivity index (χ0n) is 24.1. The van der Waals surface area contributed by atoms with Gasteiger partial charge in [-0.3, -0.25) is 0 Å². The van der Waals surface area contributed by atoms with Gasteiger partial charge in [0.05, 0.1) is 11.0 Å². The van der Waals surface area contributed by atoms with E-state index in [1.54, 1.807) is 0 Å². The Hall–Kier alpha value is -5.71. The number of para-hydroxylation sites is 1. The number of nitrogens with zero attached hydrogens (tertiary/aromatic N) is 2. The van der Waals surface area contributed by atoms with Gasteiger partial charge in [-0.05, 0) is 64.9 Å². The van der Waals surface area contributed by atoms with Crippen LogP contribution in [-0.4, -0.2) is 9.55 Å². The third kappa shape index (κ3) is 3.60. The Morgan fingerprint density at radius 2 is 1.29 bits per heavy atom. The number of hydrogen-bond donors (Lipinski definition) is 0. The van der Waals surface area contributed by atoms with Gasteiger partial charge in [0.25, 0.3) is 0 Å². The van der Waals surface area contributed by atoms with E-state index in [2.05, 4.69) is 150 Å². The quantitative estimate of drug-likeness (QED) is 0.204. The Labute approximate surface area is 262 Å². The molecule has 0 saturated heterocycles. The van der Waals surface area contributed by atoms with Crippen molar-refractivity contribution in [2.24, 2.45) is 0 Å². The van der Waals surface area contributed by atoms with Crippen LogP contribution in [0.4, 0.5) is 0 Å². The molecule has 0 fully saturated rings. The number of fused-ring (bicyclic) bond motifs is 10. The van der Waals surface area contributed by atoms with E-state index in [-0.39, 0.29) is 0 Å². The van der Waals surface area contributed by atoms with E-state index in [1.165, 1.54) is 58.5 Å². The first-order valence-corrected chi connectivity index (χ1v) is 16.0. The van der Waals surface area contributed by atoms with Gasteiger partial charge in [0.2, 0.25) is 5.89 Å². The maximum absolute atomic E-state index is 6.55. The van der Waals surface area contributed by atoms with Gasteiger partial charge in [-0.1, -0.05) is 97.1 Å². The molecule has 0 aliphatic carbocycles. The van der Waals surface area contributed by atoms with Gasteiger partial charge in [0.15, 0.2) is 5.58 Å². The molecule has 4 heteroatoms. The van der Waals surface area contributed by atoms with Gasteiger partial charge < -0.3 is 8.98 Å². The summed E-state index contributed by atoms with van der Waals surface area (Å²) in [5.74, 6) is 0.631. The molecule has 3 nitrogen and oxygen atoms in total. The van der Waals surface area contributed by atoms with Gasteiger partial charge in [0, 0.05) is 47.8 Å². The second-order valence-corrected chi connectivity index (χ2v) is 12.6. The molecular formula is C41H24N2OS. The summed E-state index contributed by atoms with van der Waals surface area (Å²) in [7, 11) is 0. The normalized spacial score (nSPS) is 12.0. The van der Waals surface area contributed by atoms with Crippen LogP contribution in [0.5, 0.6) is 0 Å². The second kappa shape index (κ2) is 9.39. The number of benzene rings is 7. The third-order valence-electron chi connectivity index (χ3n) is 9.03. The molecule has 7 aromatic carbocycles. The number of aromatic nitrogens is 2. The molecule has 3 heterocycles. The van der Waals surface area contributed by atoms with E-state index in [0.29, 0.717) is 5.89 Å². The lowest BCUT2D eigenvalue weighted by Crippen LogP contribution is -1.93. The molecule has 3 aromatic heterocycles. The Bertz CT molecular complexity index is 2750. The number of oxazole rings is 1. The zero-order chi connectivity index (χ0) is 29.5. The van der Waals surface area contributed by atoms with Gasteiger partial charge in [-0.2, -0.15) is 0 Å². The predicted octanol–water partition coefficient (Wildman–Crippen LogP) is 11.8. The van der Waals surface area contributed by atoms with E-state index in [9.17, 15) is 0 Å². The van der Waals surface area contributed by atoms with E-state index in [4.69, 9.17) is 9.40 Å². The van der Waals surface area contributed by atoms with Crippen LogP contribution >= 0.6 is 11.3 Å². The van der Waals surface area contributed by atoms with Crippen molar-refractivity contribution in [3.63, 3.8) is 0 Å². The minimum absolute atomic E-state index is 0.631. The summed E-state index contributed by atoms with van der Waals surface area (Å²) >= 11 is 1.82. The van der Waals surface area contributed by atoms with Crippen molar-refractivity contribution >= 4 is 75.2 Å². The highest BCUT2D eigenvalue weighted by Gasteiger charge is 2.20. The highest BCUT2D eigenvalue weighted by molar-refractivity contribution is 7.26. The van der Waals surface area contributed by atoms with E-state index in [0.717, 1.165) is 27.7 Å². The third-order valence-corrected chi connectivity index (χ3v) is 10.2. The number of hydrogen-bond acceptors (Lipinski definition) is 3. The average molecular weight is 593 g/mol. The molecule has 0 bridgehead atoms. The maximum Gasteiger partial charge on any atom is 0.227 e. The molecule has 10 aromatic rings. The lowest BCUT2D eigenvalue weighted by molar-refractivity contribution is 0.620. The van der Waals surface area contributed by atoms with Crippen molar-refractivity contribution < 1.29 is 4.42 Å². The zero-order valence-corrected chi connectivity index (χ0v) is 24.9. The van der Waals surface area contributed by atoms with Crippen molar-refractivity contribution in [3.8, 4) is 28.3 Å². The Morgan fingerprint density at radius 3 is 2.16 bits per heavy atom. The largest absolute Gasteiger partial charge is 0.436 e. The van der Waals surface area contributed by atoms with E-state index >= 15 is 0 Å². The van der Waals surface area contributed by atoms with Crippen LogP contribution in [0.15, 0.2) is 150 Å². The molecular weight excluding hydrogens is 569 g/mol. The highest BCUT2D eigenvalue weighted by Crippen LogP contribution is 2.45. The first-order valence-electron chi connectivity index (χ1n) is 15.1. The molecule has 0 amide bonds. The Kier molecular flexibility index (Phi) is 5.16. The molecule has 10 rings (SSSR count). The summed E-state index contributed by atoms with van der Waals surface area (Å²) in [5, 5.41) is 7.45.